The predicted octanol–water partition coefficient (Wildman–Crippen LogP) is 5.64. The van der Waals surface area contributed by atoms with E-state index in [1.54, 1.807) is 22.9 Å². The summed E-state index contributed by atoms with van der Waals surface area (Å²) in [5.74, 6) is 0.0988. The van der Waals surface area contributed by atoms with Gasteiger partial charge in [0.1, 0.15) is 0 Å². The minimum Gasteiger partial charge on any atom is -0.351 e. The van der Waals surface area contributed by atoms with Gasteiger partial charge in [0.05, 0.1) is 11.4 Å². The Kier molecular flexibility index (Phi) is 8.38. The molecule has 4 rings (SSSR count). The highest BCUT2D eigenvalue weighted by Gasteiger charge is 2.21. The molecule has 2 aromatic heterocycles. The lowest BCUT2D eigenvalue weighted by Crippen LogP contribution is -2.26. The Morgan fingerprint density at radius 1 is 1.00 bits per heavy atom. The summed E-state index contributed by atoms with van der Waals surface area (Å²) in [6.07, 6.45) is 1.69. The number of rotatable bonds is 9. The molecule has 0 fully saturated rings. The van der Waals surface area contributed by atoms with Crippen LogP contribution in [0.1, 0.15) is 39.6 Å². The fraction of sp³-hybridized carbons (Fsp3) is 0.240. The SMILES string of the molecule is Cc1cc(C)nc(SCc2c(C(=O)NCCCc3ccccc3)nnn2-c2cc(Cl)cc(Cl)c2)n1. The molecule has 0 radical (unpaired) electrons. The Bertz CT molecular complexity index is 1290. The van der Waals surface area contributed by atoms with Crippen LogP contribution in [-0.2, 0) is 12.2 Å². The van der Waals surface area contributed by atoms with Crippen LogP contribution in [0, 0.1) is 13.8 Å². The van der Waals surface area contributed by atoms with E-state index in [0.29, 0.717) is 38.9 Å². The number of thioether (sulfide) groups is 1. The monoisotopic (exact) mass is 526 g/mol. The van der Waals surface area contributed by atoms with Crippen molar-refractivity contribution in [3.05, 3.63) is 93.0 Å². The number of nitrogens with one attached hydrogen (secondary N) is 1. The minimum atomic E-state index is -0.283. The first-order chi connectivity index (χ1) is 16.9. The molecule has 0 aliphatic heterocycles. The number of hydrogen-bond donors (Lipinski definition) is 1. The zero-order valence-electron chi connectivity index (χ0n) is 19.3. The van der Waals surface area contributed by atoms with Gasteiger partial charge in [-0.25, -0.2) is 14.6 Å². The zero-order chi connectivity index (χ0) is 24.8. The summed E-state index contributed by atoms with van der Waals surface area (Å²) < 4.78 is 1.59. The maximum atomic E-state index is 13.1. The highest BCUT2D eigenvalue weighted by molar-refractivity contribution is 7.98. The number of amides is 1. The lowest BCUT2D eigenvalue weighted by molar-refractivity contribution is 0.0947. The Morgan fingerprint density at radius 2 is 1.69 bits per heavy atom. The third-order valence-electron chi connectivity index (χ3n) is 5.14. The first kappa shape index (κ1) is 25.2. The van der Waals surface area contributed by atoms with Crippen LogP contribution in [0.25, 0.3) is 5.69 Å². The fourth-order valence-corrected chi connectivity index (χ4v) is 5.05. The third-order valence-corrected chi connectivity index (χ3v) is 6.44. The van der Waals surface area contributed by atoms with E-state index in [9.17, 15) is 4.79 Å². The Hall–Kier alpha value is -2.94. The summed E-state index contributed by atoms with van der Waals surface area (Å²) in [4.78, 5) is 22.0. The van der Waals surface area contributed by atoms with Crippen molar-refractivity contribution in [1.29, 1.82) is 0 Å². The predicted molar refractivity (Wildman–Crippen MR) is 140 cm³/mol. The highest BCUT2D eigenvalue weighted by Crippen LogP contribution is 2.26. The summed E-state index contributed by atoms with van der Waals surface area (Å²) in [6.45, 7) is 4.37. The van der Waals surface area contributed by atoms with E-state index in [1.807, 2.05) is 38.1 Å². The molecule has 7 nitrogen and oxygen atoms in total. The first-order valence-electron chi connectivity index (χ1n) is 11.1. The molecule has 180 valence electrons. The van der Waals surface area contributed by atoms with Gasteiger partial charge < -0.3 is 5.32 Å². The number of aryl methyl sites for hydroxylation is 3. The summed E-state index contributed by atoms with van der Waals surface area (Å²) in [5, 5.41) is 13.0. The van der Waals surface area contributed by atoms with E-state index in [2.05, 4.69) is 37.7 Å². The molecule has 0 atom stereocenters. The summed E-state index contributed by atoms with van der Waals surface area (Å²) in [6, 6.07) is 17.2. The molecule has 0 saturated carbocycles. The molecule has 0 bridgehead atoms. The molecule has 2 heterocycles. The average molecular weight is 527 g/mol. The van der Waals surface area contributed by atoms with Crippen LogP contribution in [0.2, 0.25) is 10.0 Å². The summed E-state index contributed by atoms with van der Waals surface area (Å²) in [5.41, 5.74) is 4.47. The van der Waals surface area contributed by atoms with Crippen molar-refractivity contribution in [2.45, 2.75) is 37.6 Å². The average Bonchev–Trinajstić information content (AvgIpc) is 3.24. The van der Waals surface area contributed by atoms with E-state index in [0.717, 1.165) is 24.2 Å². The second kappa shape index (κ2) is 11.7. The van der Waals surface area contributed by atoms with Gasteiger partial charge in [-0.15, -0.1) is 5.10 Å². The topological polar surface area (TPSA) is 85.6 Å². The van der Waals surface area contributed by atoms with Crippen molar-refractivity contribution in [2.75, 3.05) is 6.54 Å². The normalized spacial score (nSPS) is 11.0. The van der Waals surface area contributed by atoms with Gasteiger partial charge in [0.15, 0.2) is 10.9 Å². The molecule has 1 amide bonds. The van der Waals surface area contributed by atoms with Gasteiger partial charge in [0.2, 0.25) is 0 Å². The summed E-state index contributed by atoms with van der Waals surface area (Å²) >= 11 is 13.8. The van der Waals surface area contributed by atoms with Gasteiger partial charge in [-0.1, -0.05) is 70.5 Å². The molecule has 0 spiro atoms. The van der Waals surface area contributed by atoms with E-state index in [4.69, 9.17) is 23.2 Å². The number of hydrogen-bond acceptors (Lipinski definition) is 6. The number of nitrogens with zero attached hydrogens (tertiary/aromatic N) is 5. The van der Waals surface area contributed by atoms with Crippen LogP contribution in [0.5, 0.6) is 0 Å². The molecule has 1 N–H and O–H groups in total. The van der Waals surface area contributed by atoms with Gasteiger partial charge in [-0.05, 0) is 56.5 Å². The molecule has 0 aliphatic rings. The molecule has 0 unspecified atom stereocenters. The molecular formula is C25H24Cl2N6OS. The number of carbonyl (C=O) groups is 1. The second-order valence-electron chi connectivity index (χ2n) is 7.99. The molecular weight excluding hydrogens is 503 g/mol. The third kappa shape index (κ3) is 6.81. The number of aromatic nitrogens is 5. The van der Waals surface area contributed by atoms with Gasteiger partial charge >= 0.3 is 0 Å². The van der Waals surface area contributed by atoms with E-state index < -0.39 is 0 Å². The second-order valence-corrected chi connectivity index (χ2v) is 9.81. The molecule has 2 aromatic carbocycles. The lowest BCUT2D eigenvalue weighted by atomic mass is 10.1. The molecule has 0 aliphatic carbocycles. The minimum absolute atomic E-state index is 0.248. The highest BCUT2D eigenvalue weighted by atomic mass is 35.5. The maximum Gasteiger partial charge on any atom is 0.273 e. The lowest BCUT2D eigenvalue weighted by Gasteiger charge is -2.10. The van der Waals surface area contributed by atoms with Crippen LogP contribution in [-0.4, -0.2) is 37.4 Å². The van der Waals surface area contributed by atoms with Crippen LogP contribution >= 0.6 is 35.0 Å². The zero-order valence-corrected chi connectivity index (χ0v) is 21.7. The van der Waals surface area contributed by atoms with Gasteiger partial charge in [-0.2, -0.15) is 0 Å². The van der Waals surface area contributed by atoms with Gasteiger partial charge in [0.25, 0.3) is 5.91 Å². The standard InChI is InChI=1S/C25H24Cl2N6OS/c1-16-11-17(2)30-25(29-16)35-15-22-23(24(34)28-10-6-9-18-7-4-3-5-8-18)31-32-33(22)21-13-19(26)12-20(27)14-21/h3-5,7-8,11-14H,6,9-10,15H2,1-2H3,(H,28,34). The largest absolute Gasteiger partial charge is 0.351 e. The van der Waals surface area contributed by atoms with Crippen LogP contribution in [0.15, 0.2) is 59.8 Å². The van der Waals surface area contributed by atoms with E-state index in [1.165, 1.54) is 17.3 Å². The van der Waals surface area contributed by atoms with Gasteiger partial charge in [0, 0.05) is 33.7 Å². The first-order valence-corrected chi connectivity index (χ1v) is 12.8. The van der Waals surface area contributed by atoms with Crippen molar-refractivity contribution < 1.29 is 4.79 Å². The Morgan fingerprint density at radius 3 is 2.37 bits per heavy atom. The number of carbonyl (C=O) groups excluding carboxylic acids is 1. The molecule has 4 aromatic rings. The quantitative estimate of drug-likeness (QED) is 0.172. The van der Waals surface area contributed by atoms with Crippen LogP contribution in [0.4, 0.5) is 0 Å². The van der Waals surface area contributed by atoms with Crippen LogP contribution in [0.3, 0.4) is 0 Å². The van der Waals surface area contributed by atoms with Gasteiger partial charge in [-0.3, -0.25) is 4.79 Å². The van der Waals surface area contributed by atoms with Crippen molar-refractivity contribution in [2.24, 2.45) is 0 Å². The molecule has 10 heteroatoms. The van der Waals surface area contributed by atoms with Crippen molar-refractivity contribution in [3.63, 3.8) is 0 Å². The van der Waals surface area contributed by atoms with Crippen LogP contribution < -0.4 is 5.32 Å². The van der Waals surface area contributed by atoms with E-state index >= 15 is 0 Å². The Balaban J connectivity index is 1.54. The summed E-state index contributed by atoms with van der Waals surface area (Å²) in [7, 11) is 0. The molecule has 35 heavy (non-hydrogen) atoms. The molecule has 0 saturated heterocycles. The van der Waals surface area contributed by atoms with Crippen molar-refractivity contribution >= 4 is 40.9 Å². The fourth-order valence-electron chi connectivity index (χ4n) is 3.59. The Labute approximate surface area is 218 Å². The number of benzene rings is 2. The maximum absolute atomic E-state index is 13.1. The number of halogens is 2. The van der Waals surface area contributed by atoms with Crippen molar-refractivity contribution in [1.82, 2.24) is 30.3 Å². The van der Waals surface area contributed by atoms with Crippen molar-refractivity contribution in [3.8, 4) is 5.69 Å². The smallest absolute Gasteiger partial charge is 0.273 e. The van der Waals surface area contributed by atoms with E-state index in [-0.39, 0.29) is 11.6 Å².